The van der Waals surface area contributed by atoms with Crippen molar-refractivity contribution in [2.45, 2.75) is 0 Å². The van der Waals surface area contributed by atoms with E-state index in [9.17, 15) is 0 Å². The maximum absolute atomic E-state index is 8.55. The lowest BCUT2D eigenvalue weighted by Gasteiger charge is -1.98. The van der Waals surface area contributed by atoms with Crippen LogP contribution in [0.4, 0.5) is 0 Å². The van der Waals surface area contributed by atoms with Gasteiger partial charge in [-0.2, -0.15) is 5.26 Å². The van der Waals surface area contributed by atoms with Crippen LogP contribution in [0.1, 0.15) is 5.69 Å². The molecule has 0 N–H and O–H groups in total. The van der Waals surface area contributed by atoms with E-state index < -0.39 is 0 Å². The third kappa shape index (κ3) is 2.09. The van der Waals surface area contributed by atoms with Crippen LogP contribution in [-0.4, -0.2) is 15.0 Å². The molecule has 0 atom stereocenters. The maximum Gasteiger partial charge on any atom is 0.158 e. The van der Waals surface area contributed by atoms with Gasteiger partial charge >= 0.3 is 0 Å². The molecule has 0 bridgehead atoms. The summed E-state index contributed by atoms with van der Waals surface area (Å²) in [7, 11) is 0. The van der Waals surface area contributed by atoms with Gasteiger partial charge in [0.25, 0.3) is 0 Å². The van der Waals surface area contributed by atoms with Gasteiger partial charge in [-0.3, -0.25) is 4.98 Å². The van der Waals surface area contributed by atoms with Gasteiger partial charge in [-0.1, -0.05) is 11.6 Å². The molecule has 0 spiro atoms. The van der Waals surface area contributed by atoms with Gasteiger partial charge in [0.15, 0.2) is 5.69 Å². The molecule has 5 heteroatoms. The Labute approximate surface area is 91.2 Å². The van der Waals surface area contributed by atoms with Crippen LogP contribution in [-0.2, 0) is 0 Å². The average molecular weight is 217 g/mol. The molecule has 72 valence electrons. The number of hydrogen-bond acceptors (Lipinski definition) is 4. The molecular formula is C10H5ClN4. The van der Waals surface area contributed by atoms with Gasteiger partial charge in [-0.05, 0) is 12.1 Å². The number of pyridine rings is 1. The first-order valence-electron chi connectivity index (χ1n) is 4.13. The van der Waals surface area contributed by atoms with Crippen molar-refractivity contribution in [1.82, 2.24) is 15.0 Å². The number of nitriles is 1. The normalized spacial score (nSPS) is 9.60. The highest BCUT2D eigenvalue weighted by Gasteiger charge is 2.01. The molecule has 15 heavy (non-hydrogen) atoms. The summed E-state index contributed by atoms with van der Waals surface area (Å²) < 4.78 is 0. The summed E-state index contributed by atoms with van der Waals surface area (Å²) in [6, 6.07) is 5.37. The second-order valence-electron chi connectivity index (χ2n) is 2.76. The van der Waals surface area contributed by atoms with E-state index in [1.54, 1.807) is 12.1 Å². The molecule has 2 rings (SSSR count). The van der Waals surface area contributed by atoms with E-state index >= 15 is 0 Å². The largest absolute Gasteiger partial charge is 0.253 e. The van der Waals surface area contributed by atoms with Gasteiger partial charge in [-0.15, -0.1) is 0 Å². The van der Waals surface area contributed by atoms with E-state index in [1.165, 1.54) is 18.6 Å². The average Bonchev–Trinajstić information content (AvgIpc) is 2.30. The van der Waals surface area contributed by atoms with E-state index in [1.807, 2.05) is 6.07 Å². The van der Waals surface area contributed by atoms with Crippen LogP contribution < -0.4 is 0 Å². The molecule has 2 aromatic heterocycles. The van der Waals surface area contributed by atoms with Gasteiger partial charge in [0.2, 0.25) is 0 Å². The minimum atomic E-state index is 0.285. The van der Waals surface area contributed by atoms with Crippen molar-refractivity contribution in [1.29, 1.82) is 5.26 Å². The lowest BCUT2D eigenvalue weighted by atomic mass is 10.3. The molecule has 0 unspecified atom stereocenters. The zero-order chi connectivity index (χ0) is 10.7. The molecule has 0 amide bonds. The molecule has 0 aromatic carbocycles. The van der Waals surface area contributed by atoms with Crippen LogP contribution in [0.3, 0.4) is 0 Å². The van der Waals surface area contributed by atoms with E-state index in [-0.39, 0.29) is 5.69 Å². The SMILES string of the molecule is N#Cc1cnc(-c2ccc(Cl)cn2)cn1. The predicted octanol–water partition coefficient (Wildman–Crippen LogP) is 2.06. The second-order valence-corrected chi connectivity index (χ2v) is 3.20. The van der Waals surface area contributed by atoms with Crippen LogP contribution in [0.15, 0.2) is 30.7 Å². The Bertz CT molecular complexity index is 498. The molecule has 0 aliphatic rings. The van der Waals surface area contributed by atoms with Crippen molar-refractivity contribution >= 4 is 11.6 Å². The van der Waals surface area contributed by atoms with Crippen molar-refractivity contribution in [2.75, 3.05) is 0 Å². The Morgan fingerprint density at radius 2 is 1.80 bits per heavy atom. The highest BCUT2D eigenvalue weighted by molar-refractivity contribution is 6.30. The summed E-state index contributed by atoms with van der Waals surface area (Å²) in [5.41, 5.74) is 1.58. The van der Waals surface area contributed by atoms with Crippen LogP contribution >= 0.6 is 11.6 Å². The number of aromatic nitrogens is 3. The second kappa shape index (κ2) is 4.03. The summed E-state index contributed by atoms with van der Waals surface area (Å²) >= 11 is 5.71. The van der Waals surface area contributed by atoms with Crippen molar-refractivity contribution < 1.29 is 0 Å². The fourth-order valence-electron chi connectivity index (χ4n) is 1.05. The summed E-state index contributed by atoms with van der Waals surface area (Å²) in [5.74, 6) is 0. The zero-order valence-corrected chi connectivity index (χ0v) is 8.31. The van der Waals surface area contributed by atoms with Gasteiger partial charge < -0.3 is 0 Å². The van der Waals surface area contributed by atoms with Gasteiger partial charge in [0.05, 0.1) is 23.1 Å². The number of halogens is 1. The fraction of sp³-hybridized carbons (Fsp3) is 0. The first-order chi connectivity index (χ1) is 7.29. The Balaban J connectivity index is 2.38. The minimum Gasteiger partial charge on any atom is -0.253 e. The van der Waals surface area contributed by atoms with E-state index in [0.717, 1.165) is 0 Å². The van der Waals surface area contributed by atoms with Crippen LogP contribution in [0.5, 0.6) is 0 Å². The zero-order valence-electron chi connectivity index (χ0n) is 7.55. The molecular weight excluding hydrogens is 212 g/mol. The van der Waals surface area contributed by atoms with Gasteiger partial charge in [0.1, 0.15) is 11.8 Å². The van der Waals surface area contributed by atoms with E-state index in [0.29, 0.717) is 16.4 Å². The summed E-state index contributed by atoms with van der Waals surface area (Å²) in [5, 5.41) is 9.12. The lowest BCUT2D eigenvalue weighted by molar-refractivity contribution is 1.15. The first-order valence-corrected chi connectivity index (χ1v) is 4.51. The first kappa shape index (κ1) is 9.56. The standard InChI is InChI=1S/C10H5ClN4/c11-7-1-2-9(14-4-7)10-6-13-8(3-12)5-15-10/h1-2,4-6H. The molecule has 0 aliphatic carbocycles. The van der Waals surface area contributed by atoms with Crippen LogP contribution in [0.25, 0.3) is 11.4 Å². The number of rotatable bonds is 1. The van der Waals surface area contributed by atoms with Gasteiger partial charge in [-0.25, -0.2) is 9.97 Å². The van der Waals surface area contributed by atoms with E-state index in [2.05, 4.69) is 15.0 Å². The summed E-state index contributed by atoms with van der Waals surface area (Å²) in [6.07, 6.45) is 4.46. The molecule has 2 heterocycles. The molecule has 0 aliphatic heterocycles. The minimum absolute atomic E-state index is 0.285. The quantitative estimate of drug-likeness (QED) is 0.732. The Kier molecular flexibility index (Phi) is 2.57. The van der Waals surface area contributed by atoms with Crippen LogP contribution in [0.2, 0.25) is 5.02 Å². The highest BCUT2D eigenvalue weighted by atomic mass is 35.5. The smallest absolute Gasteiger partial charge is 0.158 e. The molecule has 0 fully saturated rings. The summed E-state index contributed by atoms with van der Waals surface area (Å²) in [6.45, 7) is 0. The Morgan fingerprint density at radius 3 is 2.33 bits per heavy atom. The van der Waals surface area contributed by atoms with E-state index in [4.69, 9.17) is 16.9 Å². The molecule has 2 aromatic rings. The van der Waals surface area contributed by atoms with Crippen molar-refractivity contribution in [2.24, 2.45) is 0 Å². The third-order valence-electron chi connectivity index (χ3n) is 1.76. The predicted molar refractivity (Wildman–Crippen MR) is 55.0 cm³/mol. The molecule has 0 saturated carbocycles. The maximum atomic E-state index is 8.55. The molecule has 0 radical (unpaired) electrons. The lowest BCUT2D eigenvalue weighted by Crippen LogP contribution is -1.90. The molecule has 0 saturated heterocycles. The van der Waals surface area contributed by atoms with Crippen molar-refractivity contribution in [3.8, 4) is 17.5 Å². The van der Waals surface area contributed by atoms with Crippen molar-refractivity contribution in [3.63, 3.8) is 0 Å². The number of nitrogens with zero attached hydrogens (tertiary/aromatic N) is 4. The van der Waals surface area contributed by atoms with Crippen molar-refractivity contribution in [3.05, 3.63) is 41.4 Å². The topological polar surface area (TPSA) is 62.5 Å². The number of hydrogen-bond donors (Lipinski definition) is 0. The Hall–Kier alpha value is -1.99. The fourth-order valence-corrected chi connectivity index (χ4v) is 1.16. The molecule has 4 nitrogen and oxygen atoms in total. The highest BCUT2D eigenvalue weighted by Crippen LogP contribution is 2.15. The van der Waals surface area contributed by atoms with Gasteiger partial charge in [0, 0.05) is 6.20 Å². The summed E-state index contributed by atoms with van der Waals surface area (Å²) in [4.78, 5) is 12.0. The third-order valence-corrected chi connectivity index (χ3v) is 1.98. The Morgan fingerprint density at radius 1 is 1.00 bits per heavy atom. The monoisotopic (exact) mass is 216 g/mol. The van der Waals surface area contributed by atoms with Crippen LogP contribution in [0, 0.1) is 11.3 Å².